The molecule has 0 saturated carbocycles. The predicted molar refractivity (Wildman–Crippen MR) is 116 cm³/mol. The molecule has 0 bridgehead atoms. The summed E-state index contributed by atoms with van der Waals surface area (Å²) < 4.78 is 5.48. The maximum atomic E-state index is 12.3. The Morgan fingerprint density at radius 2 is 1.32 bits per heavy atom. The normalized spacial score (nSPS) is 11.4. The summed E-state index contributed by atoms with van der Waals surface area (Å²) in [6.45, 7) is 0. The minimum atomic E-state index is -1.30. The first kappa shape index (κ1) is 20.6. The van der Waals surface area contributed by atoms with E-state index >= 15 is 0 Å². The van der Waals surface area contributed by atoms with Gasteiger partial charge in [-0.25, -0.2) is 9.59 Å². The topological polar surface area (TPSA) is 165 Å². The molecular formula is C22H14N6O6. The molecule has 5 rings (SSSR count). The second-order valence-corrected chi connectivity index (χ2v) is 7.08. The molecule has 0 atom stereocenters. The SMILES string of the molecule is O=C(O)/C=C/C(=O)Oc1cccc(-c2cccc3nnn(O)c23)c1-c1cccc2nnn(O)c12. The molecule has 0 aliphatic heterocycles. The summed E-state index contributed by atoms with van der Waals surface area (Å²) in [5.41, 5.74) is 3.14. The van der Waals surface area contributed by atoms with Crippen molar-refractivity contribution in [1.29, 1.82) is 0 Å². The number of carbonyl (C=O) groups excluding carboxylic acids is 1. The minimum absolute atomic E-state index is 0.0696. The summed E-state index contributed by atoms with van der Waals surface area (Å²) in [7, 11) is 0. The average Bonchev–Trinajstić information content (AvgIpc) is 3.40. The van der Waals surface area contributed by atoms with Gasteiger partial charge in [0.1, 0.15) is 27.8 Å². The van der Waals surface area contributed by atoms with Gasteiger partial charge in [0.2, 0.25) is 0 Å². The fourth-order valence-corrected chi connectivity index (χ4v) is 3.73. The van der Waals surface area contributed by atoms with Gasteiger partial charge in [-0.15, -0.1) is 10.2 Å². The van der Waals surface area contributed by atoms with Crippen LogP contribution in [0.2, 0.25) is 0 Å². The van der Waals surface area contributed by atoms with Crippen molar-refractivity contribution in [2.24, 2.45) is 0 Å². The summed E-state index contributed by atoms with van der Waals surface area (Å²) in [6, 6.07) is 15.0. The molecule has 0 radical (unpaired) electrons. The van der Waals surface area contributed by atoms with Crippen molar-refractivity contribution in [1.82, 2.24) is 30.3 Å². The Morgan fingerprint density at radius 3 is 1.97 bits per heavy atom. The van der Waals surface area contributed by atoms with Gasteiger partial charge in [-0.2, -0.15) is 0 Å². The van der Waals surface area contributed by atoms with Crippen molar-refractivity contribution in [2.45, 2.75) is 0 Å². The van der Waals surface area contributed by atoms with Crippen molar-refractivity contribution in [3.05, 3.63) is 66.7 Å². The smallest absolute Gasteiger partial charge is 0.336 e. The molecular weight excluding hydrogens is 444 g/mol. The molecule has 3 aromatic carbocycles. The number of esters is 1. The van der Waals surface area contributed by atoms with Crippen LogP contribution < -0.4 is 4.74 Å². The highest BCUT2D eigenvalue weighted by molar-refractivity contribution is 6.04. The van der Waals surface area contributed by atoms with E-state index in [1.807, 2.05) is 0 Å². The van der Waals surface area contributed by atoms with Gasteiger partial charge in [0, 0.05) is 28.8 Å². The first-order chi connectivity index (χ1) is 16.4. The quantitative estimate of drug-likeness (QED) is 0.154. The third-order valence-electron chi connectivity index (χ3n) is 5.06. The van der Waals surface area contributed by atoms with Crippen molar-refractivity contribution < 1.29 is 29.8 Å². The van der Waals surface area contributed by atoms with E-state index in [0.29, 0.717) is 54.6 Å². The van der Waals surface area contributed by atoms with Gasteiger partial charge in [-0.3, -0.25) is 0 Å². The van der Waals surface area contributed by atoms with Gasteiger partial charge >= 0.3 is 11.9 Å². The van der Waals surface area contributed by atoms with E-state index in [-0.39, 0.29) is 11.3 Å². The van der Waals surface area contributed by atoms with Crippen LogP contribution in [0.25, 0.3) is 44.3 Å². The van der Waals surface area contributed by atoms with Crippen molar-refractivity contribution in [2.75, 3.05) is 0 Å². The number of para-hydroxylation sites is 2. The third-order valence-corrected chi connectivity index (χ3v) is 5.06. The minimum Gasteiger partial charge on any atom is -0.478 e. The van der Waals surface area contributed by atoms with E-state index in [9.17, 15) is 20.0 Å². The number of rotatable bonds is 5. The van der Waals surface area contributed by atoms with Crippen molar-refractivity contribution in [3.8, 4) is 28.0 Å². The van der Waals surface area contributed by atoms with Gasteiger partial charge < -0.3 is 20.3 Å². The van der Waals surface area contributed by atoms with Crippen LogP contribution in [-0.2, 0) is 9.59 Å². The van der Waals surface area contributed by atoms with Gasteiger partial charge in [0.15, 0.2) is 0 Å². The van der Waals surface area contributed by atoms with E-state index in [0.717, 1.165) is 6.08 Å². The number of carboxylic acid groups (broad SMARTS) is 1. The fourth-order valence-electron chi connectivity index (χ4n) is 3.73. The van der Waals surface area contributed by atoms with E-state index < -0.39 is 11.9 Å². The first-order valence-corrected chi connectivity index (χ1v) is 9.78. The Hall–Kier alpha value is -5.26. The molecule has 12 heteroatoms. The zero-order valence-corrected chi connectivity index (χ0v) is 17.1. The number of aromatic nitrogens is 6. The van der Waals surface area contributed by atoms with Crippen molar-refractivity contribution in [3.63, 3.8) is 0 Å². The Kier molecular flexibility index (Phi) is 4.86. The summed E-state index contributed by atoms with van der Waals surface area (Å²) in [5, 5.41) is 44.5. The summed E-state index contributed by atoms with van der Waals surface area (Å²) >= 11 is 0. The van der Waals surface area contributed by atoms with Crippen LogP contribution in [0.4, 0.5) is 0 Å². The van der Waals surface area contributed by atoms with E-state index in [4.69, 9.17) is 9.84 Å². The molecule has 0 spiro atoms. The lowest BCUT2D eigenvalue weighted by atomic mass is 9.92. The number of hydrogen-bond acceptors (Lipinski definition) is 9. The molecule has 5 aromatic rings. The van der Waals surface area contributed by atoms with Crippen LogP contribution in [0.1, 0.15) is 0 Å². The summed E-state index contributed by atoms with van der Waals surface area (Å²) in [6.07, 6.45) is 1.45. The molecule has 0 amide bonds. The lowest BCUT2D eigenvalue weighted by molar-refractivity contribution is -0.133. The summed E-state index contributed by atoms with van der Waals surface area (Å²) in [4.78, 5) is 24.4. The Morgan fingerprint density at radius 1 is 0.765 bits per heavy atom. The predicted octanol–water partition coefficient (Wildman–Crippen LogP) is 2.53. The molecule has 2 heterocycles. The lowest BCUT2D eigenvalue weighted by Gasteiger charge is -2.16. The second-order valence-electron chi connectivity index (χ2n) is 7.08. The molecule has 3 N–H and O–H groups in total. The number of nitrogens with zero attached hydrogens (tertiary/aromatic N) is 6. The van der Waals surface area contributed by atoms with Crippen LogP contribution >= 0.6 is 0 Å². The second kappa shape index (κ2) is 8.02. The van der Waals surface area contributed by atoms with E-state index in [2.05, 4.69) is 20.6 Å². The zero-order valence-electron chi connectivity index (χ0n) is 17.1. The van der Waals surface area contributed by atoms with Gasteiger partial charge in [0.25, 0.3) is 0 Å². The molecule has 12 nitrogen and oxygen atoms in total. The molecule has 34 heavy (non-hydrogen) atoms. The lowest BCUT2D eigenvalue weighted by Crippen LogP contribution is -2.07. The van der Waals surface area contributed by atoms with Crippen LogP contribution in [0.15, 0.2) is 66.7 Å². The van der Waals surface area contributed by atoms with Gasteiger partial charge in [-0.1, -0.05) is 46.1 Å². The number of carbonyl (C=O) groups is 2. The molecule has 0 unspecified atom stereocenters. The maximum Gasteiger partial charge on any atom is 0.336 e. The van der Waals surface area contributed by atoms with Crippen LogP contribution in [0.3, 0.4) is 0 Å². The van der Waals surface area contributed by atoms with Crippen LogP contribution in [-0.4, -0.2) is 57.8 Å². The highest BCUT2D eigenvalue weighted by atomic mass is 16.5. The number of carboxylic acids is 1. The van der Waals surface area contributed by atoms with E-state index in [1.54, 1.807) is 48.5 Å². The number of hydrogen-bond donors (Lipinski definition) is 3. The van der Waals surface area contributed by atoms with E-state index in [1.165, 1.54) is 6.07 Å². The first-order valence-electron chi connectivity index (χ1n) is 9.78. The Bertz CT molecular complexity index is 1620. The number of aliphatic carboxylic acids is 1. The molecule has 2 aromatic heterocycles. The molecule has 0 saturated heterocycles. The number of ether oxygens (including phenoxy) is 1. The molecule has 0 fully saturated rings. The number of fused-ring (bicyclic) bond motifs is 2. The maximum absolute atomic E-state index is 12.3. The molecule has 0 aliphatic rings. The van der Waals surface area contributed by atoms with Crippen molar-refractivity contribution >= 4 is 34.0 Å². The van der Waals surface area contributed by atoms with Crippen LogP contribution in [0.5, 0.6) is 5.75 Å². The third kappa shape index (κ3) is 3.44. The highest BCUT2D eigenvalue weighted by Crippen LogP contribution is 2.43. The summed E-state index contributed by atoms with van der Waals surface area (Å²) in [5.74, 6) is -2.16. The van der Waals surface area contributed by atoms with Gasteiger partial charge in [0.05, 0.1) is 0 Å². The van der Waals surface area contributed by atoms with Gasteiger partial charge in [-0.05, 0) is 34.2 Å². The Balaban J connectivity index is 1.81. The van der Waals surface area contributed by atoms with Crippen LogP contribution in [0, 0.1) is 0 Å². The average molecular weight is 458 g/mol. The highest BCUT2D eigenvalue weighted by Gasteiger charge is 2.22. The standard InChI is InChI=1S/C22H14N6O6/c29-18(30)10-11-19(31)34-17-9-3-4-12(13-5-1-7-15-21(13)27(32)25-23-15)20(17)14-6-2-8-16-22(14)28(33)26-24-16/h1-11,32-33H,(H,29,30)/b11-10+. The zero-order chi connectivity index (χ0) is 23.8. The fraction of sp³-hybridized carbons (Fsp3) is 0. The molecule has 0 aliphatic carbocycles. The number of benzene rings is 3. The monoisotopic (exact) mass is 458 g/mol. The largest absolute Gasteiger partial charge is 0.478 e. The Labute approximate surface area is 189 Å². The molecule has 168 valence electrons.